The molecule has 100 valence electrons. The molecule has 1 unspecified atom stereocenters. The topological polar surface area (TPSA) is 66.8 Å². The van der Waals surface area contributed by atoms with Crippen molar-refractivity contribution in [3.05, 3.63) is 50.1 Å². The summed E-state index contributed by atoms with van der Waals surface area (Å²) in [6.07, 6.45) is -0.965. The molecule has 19 heavy (non-hydrogen) atoms. The number of carboxylic acids is 1. The van der Waals surface area contributed by atoms with Gasteiger partial charge in [-0.15, -0.1) is 11.3 Å². The van der Waals surface area contributed by atoms with Crippen LogP contribution in [0.2, 0.25) is 0 Å². The van der Waals surface area contributed by atoms with Crippen LogP contribution in [-0.2, 0) is 0 Å². The average molecular weight is 343 g/mol. The molecule has 2 aromatic rings. The van der Waals surface area contributed by atoms with Crippen molar-refractivity contribution in [1.29, 1.82) is 0 Å². The van der Waals surface area contributed by atoms with Gasteiger partial charge in [0.15, 0.2) is 0 Å². The van der Waals surface area contributed by atoms with Gasteiger partial charge in [0.05, 0.1) is 22.0 Å². The standard InChI is InChI=1S/C13H11BrO4S/c1-18-10-3-2-7(6-9(10)14)11(15)12-8(13(16)17)4-5-19-12/h2-6,11,15H,1H3,(H,16,17). The van der Waals surface area contributed by atoms with E-state index < -0.39 is 12.1 Å². The van der Waals surface area contributed by atoms with Crippen LogP contribution in [0.25, 0.3) is 0 Å². The highest BCUT2D eigenvalue weighted by molar-refractivity contribution is 9.10. The highest BCUT2D eigenvalue weighted by atomic mass is 79.9. The monoisotopic (exact) mass is 342 g/mol. The number of rotatable bonds is 4. The van der Waals surface area contributed by atoms with Gasteiger partial charge in [-0.2, -0.15) is 0 Å². The Morgan fingerprint density at radius 1 is 1.42 bits per heavy atom. The second kappa shape index (κ2) is 5.73. The average Bonchev–Trinajstić information content (AvgIpc) is 2.87. The number of hydrogen-bond donors (Lipinski definition) is 2. The summed E-state index contributed by atoms with van der Waals surface area (Å²) in [5.41, 5.74) is 0.738. The van der Waals surface area contributed by atoms with E-state index in [0.29, 0.717) is 20.7 Å². The van der Waals surface area contributed by atoms with Crippen molar-refractivity contribution in [2.75, 3.05) is 7.11 Å². The van der Waals surface area contributed by atoms with Crippen LogP contribution in [0.1, 0.15) is 26.9 Å². The van der Waals surface area contributed by atoms with E-state index in [9.17, 15) is 9.90 Å². The fourth-order valence-electron chi connectivity index (χ4n) is 1.71. The normalized spacial score (nSPS) is 12.2. The fraction of sp³-hybridized carbons (Fsp3) is 0.154. The lowest BCUT2D eigenvalue weighted by atomic mass is 10.1. The Labute approximate surface area is 122 Å². The molecule has 1 aromatic heterocycles. The van der Waals surface area contributed by atoms with Gasteiger partial charge in [0.25, 0.3) is 0 Å². The second-order valence-electron chi connectivity index (χ2n) is 3.80. The summed E-state index contributed by atoms with van der Waals surface area (Å²) < 4.78 is 5.82. The van der Waals surface area contributed by atoms with Crippen LogP contribution < -0.4 is 4.74 Å². The maximum atomic E-state index is 11.1. The van der Waals surface area contributed by atoms with Gasteiger partial charge >= 0.3 is 5.97 Å². The molecule has 0 saturated carbocycles. The first-order chi connectivity index (χ1) is 9.04. The molecule has 0 aliphatic carbocycles. The van der Waals surface area contributed by atoms with E-state index in [1.54, 1.807) is 30.7 Å². The first-order valence-corrected chi connectivity index (χ1v) is 7.04. The van der Waals surface area contributed by atoms with Crippen molar-refractivity contribution in [1.82, 2.24) is 0 Å². The van der Waals surface area contributed by atoms with E-state index in [-0.39, 0.29) is 5.56 Å². The molecule has 6 heteroatoms. The van der Waals surface area contributed by atoms with Crippen molar-refractivity contribution in [2.24, 2.45) is 0 Å². The van der Waals surface area contributed by atoms with Crippen LogP contribution >= 0.6 is 27.3 Å². The van der Waals surface area contributed by atoms with Crippen molar-refractivity contribution in [3.63, 3.8) is 0 Å². The Morgan fingerprint density at radius 3 is 2.74 bits per heavy atom. The first kappa shape index (κ1) is 14.0. The van der Waals surface area contributed by atoms with E-state index in [4.69, 9.17) is 9.84 Å². The fourth-order valence-corrected chi connectivity index (χ4v) is 3.17. The number of aromatic carboxylic acids is 1. The molecular weight excluding hydrogens is 332 g/mol. The number of thiophene rings is 1. The van der Waals surface area contributed by atoms with Crippen LogP contribution in [0.5, 0.6) is 5.75 Å². The summed E-state index contributed by atoms with van der Waals surface area (Å²) in [6.45, 7) is 0. The number of carbonyl (C=O) groups is 1. The number of halogens is 1. The van der Waals surface area contributed by atoms with Crippen LogP contribution in [0.4, 0.5) is 0 Å². The zero-order valence-electron chi connectivity index (χ0n) is 9.96. The molecule has 0 aliphatic heterocycles. The van der Waals surface area contributed by atoms with Gasteiger partial charge in [-0.3, -0.25) is 0 Å². The molecule has 1 heterocycles. The van der Waals surface area contributed by atoms with Gasteiger partial charge in [-0.1, -0.05) is 6.07 Å². The third kappa shape index (κ3) is 2.80. The smallest absolute Gasteiger partial charge is 0.336 e. The summed E-state index contributed by atoms with van der Waals surface area (Å²) >= 11 is 4.56. The number of methoxy groups -OCH3 is 1. The number of aliphatic hydroxyl groups is 1. The molecule has 2 rings (SSSR count). The van der Waals surface area contributed by atoms with Crippen molar-refractivity contribution < 1.29 is 19.7 Å². The number of carboxylic acid groups (broad SMARTS) is 1. The first-order valence-electron chi connectivity index (χ1n) is 5.36. The highest BCUT2D eigenvalue weighted by Crippen LogP contribution is 2.33. The molecule has 0 amide bonds. The molecule has 0 bridgehead atoms. The minimum absolute atomic E-state index is 0.129. The molecule has 2 N–H and O–H groups in total. The molecular formula is C13H11BrO4S. The minimum atomic E-state index is -1.04. The Kier molecular flexibility index (Phi) is 4.24. The van der Waals surface area contributed by atoms with Crippen molar-refractivity contribution in [3.8, 4) is 5.75 Å². The lowest BCUT2D eigenvalue weighted by molar-refractivity contribution is 0.0692. The maximum absolute atomic E-state index is 11.1. The number of aliphatic hydroxyl groups excluding tert-OH is 1. The largest absolute Gasteiger partial charge is 0.496 e. The molecule has 0 aliphatic rings. The van der Waals surface area contributed by atoms with Gasteiger partial charge in [0.1, 0.15) is 11.9 Å². The number of benzene rings is 1. The Balaban J connectivity index is 2.38. The van der Waals surface area contributed by atoms with Crippen molar-refractivity contribution >= 4 is 33.2 Å². The quantitative estimate of drug-likeness (QED) is 0.894. The SMILES string of the molecule is COc1ccc(C(O)c2sccc2C(=O)O)cc1Br. The predicted molar refractivity (Wildman–Crippen MR) is 76.0 cm³/mol. The molecule has 0 spiro atoms. The van der Waals surface area contributed by atoms with Gasteiger partial charge in [0.2, 0.25) is 0 Å². The highest BCUT2D eigenvalue weighted by Gasteiger charge is 2.20. The molecule has 4 nitrogen and oxygen atoms in total. The number of ether oxygens (including phenoxy) is 1. The molecule has 0 radical (unpaired) electrons. The van der Waals surface area contributed by atoms with Gasteiger partial charge in [0, 0.05) is 0 Å². The van der Waals surface area contributed by atoms with Gasteiger partial charge < -0.3 is 14.9 Å². The van der Waals surface area contributed by atoms with E-state index >= 15 is 0 Å². The number of hydrogen-bond acceptors (Lipinski definition) is 4. The van der Waals surface area contributed by atoms with Crippen LogP contribution in [0, 0.1) is 0 Å². The predicted octanol–water partition coefficient (Wildman–Crippen LogP) is 3.30. The summed E-state index contributed by atoms with van der Waals surface area (Å²) in [6, 6.07) is 6.63. The summed E-state index contributed by atoms with van der Waals surface area (Å²) in [5.74, 6) is -0.386. The van der Waals surface area contributed by atoms with Crippen LogP contribution in [-0.4, -0.2) is 23.3 Å². The van der Waals surface area contributed by atoms with Crippen LogP contribution in [0.15, 0.2) is 34.1 Å². The molecule has 1 aromatic carbocycles. The third-order valence-corrected chi connectivity index (χ3v) is 4.25. The second-order valence-corrected chi connectivity index (χ2v) is 5.60. The van der Waals surface area contributed by atoms with E-state index in [2.05, 4.69) is 15.9 Å². The zero-order chi connectivity index (χ0) is 14.0. The molecule has 0 saturated heterocycles. The van der Waals surface area contributed by atoms with E-state index in [1.165, 1.54) is 17.4 Å². The Hall–Kier alpha value is -1.37. The Morgan fingerprint density at radius 2 is 2.16 bits per heavy atom. The lowest BCUT2D eigenvalue weighted by Crippen LogP contribution is -2.05. The molecule has 1 atom stereocenters. The zero-order valence-corrected chi connectivity index (χ0v) is 12.4. The van der Waals surface area contributed by atoms with Gasteiger partial charge in [-0.25, -0.2) is 4.79 Å². The van der Waals surface area contributed by atoms with Crippen molar-refractivity contribution in [2.45, 2.75) is 6.10 Å². The third-order valence-electron chi connectivity index (χ3n) is 2.67. The van der Waals surface area contributed by atoms with Gasteiger partial charge in [-0.05, 0) is 45.1 Å². The summed E-state index contributed by atoms with van der Waals surface area (Å²) in [4.78, 5) is 11.5. The maximum Gasteiger partial charge on any atom is 0.336 e. The lowest BCUT2D eigenvalue weighted by Gasteiger charge is -2.12. The Bertz CT molecular complexity index is 608. The molecule has 0 fully saturated rings. The summed E-state index contributed by atoms with van der Waals surface area (Å²) in [5, 5.41) is 21.0. The van der Waals surface area contributed by atoms with E-state index in [0.717, 1.165) is 0 Å². The summed E-state index contributed by atoms with van der Waals surface area (Å²) in [7, 11) is 1.55. The minimum Gasteiger partial charge on any atom is -0.496 e. The van der Waals surface area contributed by atoms with E-state index in [1.807, 2.05) is 0 Å². The van der Waals surface area contributed by atoms with Crippen LogP contribution in [0.3, 0.4) is 0 Å².